The van der Waals surface area contributed by atoms with Gasteiger partial charge in [-0.1, -0.05) is 41.9 Å². The number of carbonyl (C=O) groups is 2. The van der Waals surface area contributed by atoms with Gasteiger partial charge >= 0.3 is 5.97 Å². The van der Waals surface area contributed by atoms with Crippen molar-refractivity contribution in [3.8, 4) is 11.1 Å². The van der Waals surface area contributed by atoms with Gasteiger partial charge in [0.2, 0.25) is 0 Å². The second kappa shape index (κ2) is 11.0. The van der Waals surface area contributed by atoms with E-state index in [9.17, 15) is 24.2 Å². The number of amides is 1. The highest BCUT2D eigenvalue weighted by Gasteiger charge is 2.39. The number of carboxylic acid groups (broad SMARTS) is 1. The lowest BCUT2D eigenvalue weighted by Crippen LogP contribution is -2.45. The topological polar surface area (TPSA) is 128 Å². The van der Waals surface area contributed by atoms with Crippen LogP contribution in [-0.2, 0) is 11.2 Å². The molecule has 0 aliphatic rings. The summed E-state index contributed by atoms with van der Waals surface area (Å²) in [4.78, 5) is 24.6. The standard InChI is InChI=1S/C24H24ClFN4O4/c1-2-9-24(14-31,23(33)34)12-18(28-22(32)21-13-27-30-29-21)10-15-3-5-16(6-4-15)19-11-17(25)7-8-20(19)26/h2-8,11,13,18,31H,1,9-10,12,14H2,(H,28,32)(H,33,34)(H,27,29,30). The minimum atomic E-state index is -1.52. The van der Waals surface area contributed by atoms with E-state index in [1.807, 2.05) is 0 Å². The number of aliphatic hydroxyl groups excluding tert-OH is 1. The Morgan fingerprint density at radius 3 is 2.59 bits per heavy atom. The maximum absolute atomic E-state index is 14.2. The molecule has 10 heteroatoms. The highest BCUT2D eigenvalue weighted by atomic mass is 35.5. The SMILES string of the molecule is C=CCC(CO)(CC(Cc1ccc(-c2cc(Cl)ccc2F)cc1)NC(=O)c1cn[nH]n1)C(=O)O. The zero-order chi connectivity index (χ0) is 24.7. The van der Waals surface area contributed by atoms with E-state index in [0.717, 1.165) is 5.56 Å². The molecule has 0 bridgehead atoms. The molecule has 0 aliphatic heterocycles. The van der Waals surface area contributed by atoms with E-state index in [1.165, 1.54) is 30.5 Å². The molecule has 0 aliphatic carbocycles. The summed E-state index contributed by atoms with van der Waals surface area (Å²) in [7, 11) is 0. The number of aliphatic hydroxyl groups is 1. The van der Waals surface area contributed by atoms with Crippen molar-refractivity contribution in [2.75, 3.05) is 6.61 Å². The molecule has 1 aromatic heterocycles. The third-order valence-corrected chi connectivity index (χ3v) is 5.82. The maximum Gasteiger partial charge on any atom is 0.312 e. The van der Waals surface area contributed by atoms with Crippen LogP contribution in [0.3, 0.4) is 0 Å². The molecule has 0 radical (unpaired) electrons. The maximum atomic E-state index is 14.2. The Morgan fingerprint density at radius 2 is 2.00 bits per heavy atom. The number of hydrogen-bond acceptors (Lipinski definition) is 5. The van der Waals surface area contributed by atoms with Crippen LogP contribution in [0.25, 0.3) is 11.1 Å². The number of hydrogen-bond donors (Lipinski definition) is 4. The van der Waals surface area contributed by atoms with Crippen LogP contribution in [0.4, 0.5) is 4.39 Å². The number of halogens is 2. The van der Waals surface area contributed by atoms with Gasteiger partial charge in [-0.15, -0.1) is 6.58 Å². The lowest BCUT2D eigenvalue weighted by Gasteiger charge is -2.31. The summed E-state index contributed by atoms with van der Waals surface area (Å²) >= 11 is 5.99. The summed E-state index contributed by atoms with van der Waals surface area (Å²) < 4.78 is 14.2. The molecule has 0 spiro atoms. The number of rotatable bonds is 11. The number of benzene rings is 2. The number of aliphatic carboxylic acids is 1. The number of allylic oxidation sites excluding steroid dienone is 1. The van der Waals surface area contributed by atoms with E-state index in [4.69, 9.17) is 11.6 Å². The van der Waals surface area contributed by atoms with Gasteiger partial charge in [0.05, 0.1) is 18.2 Å². The number of carbonyl (C=O) groups excluding carboxylic acids is 1. The van der Waals surface area contributed by atoms with Crippen molar-refractivity contribution in [3.05, 3.63) is 83.4 Å². The molecular weight excluding hydrogens is 463 g/mol. The van der Waals surface area contributed by atoms with E-state index in [-0.39, 0.29) is 25.0 Å². The van der Waals surface area contributed by atoms with Gasteiger partial charge in [-0.05, 0) is 48.6 Å². The molecular formula is C24H24ClFN4O4. The molecule has 2 atom stereocenters. The number of nitrogens with zero attached hydrogens (tertiary/aromatic N) is 2. The van der Waals surface area contributed by atoms with Crippen LogP contribution in [-0.4, -0.2) is 50.1 Å². The molecule has 4 N–H and O–H groups in total. The molecule has 0 saturated carbocycles. The number of aromatic nitrogens is 3. The van der Waals surface area contributed by atoms with Crippen LogP contribution in [0.2, 0.25) is 5.02 Å². The highest BCUT2D eigenvalue weighted by molar-refractivity contribution is 6.30. The van der Waals surface area contributed by atoms with E-state index in [2.05, 4.69) is 27.3 Å². The first-order chi connectivity index (χ1) is 16.3. The average Bonchev–Trinajstić information content (AvgIpc) is 3.36. The zero-order valence-electron chi connectivity index (χ0n) is 18.2. The van der Waals surface area contributed by atoms with E-state index < -0.39 is 35.8 Å². The second-order valence-electron chi connectivity index (χ2n) is 7.99. The molecule has 1 heterocycles. The van der Waals surface area contributed by atoms with Crippen LogP contribution in [0.1, 0.15) is 28.9 Å². The normalized spacial score (nSPS) is 13.6. The van der Waals surface area contributed by atoms with Gasteiger partial charge in [0, 0.05) is 16.6 Å². The lowest BCUT2D eigenvalue weighted by molar-refractivity contribution is -0.152. The van der Waals surface area contributed by atoms with E-state index in [0.29, 0.717) is 16.1 Å². The lowest BCUT2D eigenvalue weighted by atomic mass is 9.78. The number of carboxylic acids is 1. The fourth-order valence-corrected chi connectivity index (χ4v) is 3.94. The largest absolute Gasteiger partial charge is 0.481 e. The van der Waals surface area contributed by atoms with Crippen molar-refractivity contribution >= 4 is 23.5 Å². The van der Waals surface area contributed by atoms with Crippen molar-refractivity contribution < 1.29 is 24.2 Å². The van der Waals surface area contributed by atoms with Crippen molar-refractivity contribution in [1.29, 1.82) is 0 Å². The van der Waals surface area contributed by atoms with Crippen molar-refractivity contribution in [2.45, 2.75) is 25.3 Å². The van der Waals surface area contributed by atoms with Crippen LogP contribution < -0.4 is 5.32 Å². The van der Waals surface area contributed by atoms with Gasteiger partial charge in [0.15, 0.2) is 5.69 Å². The fraction of sp³-hybridized carbons (Fsp3) is 0.250. The molecule has 2 aromatic carbocycles. The van der Waals surface area contributed by atoms with Gasteiger partial charge in [0.25, 0.3) is 5.91 Å². The van der Waals surface area contributed by atoms with Gasteiger partial charge in [0.1, 0.15) is 5.82 Å². The Kier molecular flexibility index (Phi) is 8.14. The first-order valence-corrected chi connectivity index (χ1v) is 10.8. The predicted molar refractivity (Wildman–Crippen MR) is 125 cm³/mol. The first kappa shape index (κ1) is 25.1. The quantitative estimate of drug-likeness (QED) is 0.306. The minimum Gasteiger partial charge on any atom is -0.481 e. The Balaban J connectivity index is 1.86. The van der Waals surface area contributed by atoms with Crippen molar-refractivity contribution in [1.82, 2.24) is 20.7 Å². The van der Waals surface area contributed by atoms with Crippen molar-refractivity contribution in [3.63, 3.8) is 0 Å². The van der Waals surface area contributed by atoms with Crippen LogP contribution in [0.15, 0.2) is 61.3 Å². The first-order valence-electron chi connectivity index (χ1n) is 10.4. The summed E-state index contributed by atoms with van der Waals surface area (Å²) in [6.45, 7) is 2.97. The molecule has 1 amide bonds. The van der Waals surface area contributed by atoms with Crippen LogP contribution in [0.5, 0.6) is 0 Å². The van der Waals surface area contributed by atoms with Gasteiger partial charge < -0.3 is 15.5 Å². The van der Waals surface area contributed by atoms with Crippen molar-refractivity contribution in [2.24, 2.45) is 5.41 Å². The number of nitrogens with one attached hydrogen (secondary N) is 2. The van der Waals surface area contributed by atoms with Gasteiger partial charge in [-0.25, -0.2) is 4.39 Å². The number of aromatic amines is 1. The van der Waals surface area contributed by atoms with E-state index in [1.54, 1.807) is 24.3 Å². The minimum absolute atomic E-state index is 0.0160. The third kappa shape index (κ3) is 5.86. The molecule has 3 rings (SSSR count). The third-order valence-electron chi connectivity index (χ3n) is 5.59. The number of H-pyrrole nitrogens is 1. The van der Waals surface area contributed by atoms with Gasteiger partial charge in [-0.3, -0.25) is 9.59 Å². The Bertz CT molecular complexity index is 1150. The second-order valence-corrected chi connectivity index (χ2v) is 8.43. The molecule has 3 aromatic rings. The summed E-state index contributed by atoms with van der Waals surface area (Å²) in [6, 6.07) is 10.6. The zero-order valence-corrected chi connectivity index (χ0v) is 18.9. The van der Waals surface area contributed by atoms with E-state index >= 15 is 0 Å². The summed E-state index contributed by atoms with van der Waals surface area (Å²) in [5.41, 5.74) is 0.269. The summed E-state index contributed by atoms with van der Waals surface area (Å²) in [5, 5.41) is 32.6. The molecule has 178 valence electrons. The predicted octanol–water partition coefficient (Wildman–Crippen LogP) is 3.63. The Hall–Kier alpha value is -3.56. The smallest absolute Gasteiger partial charge is 0.312 e. The molecule has 2 unspecified atom stereocenters. The molecule has 34 heavy (non-hydrogen) atoms. The Morgan fingerprint density at radius 1 is 1.26 bits per heavy atom. The van der Waals surface area contributed by atoms with Gasteiger partial charge in [-0.2, -0.15) is 15.4 Å². The molecule has 8 nitrogen and oxygen atoms in total. The monoisotopic (exact) mass is 486 g/mol. The molecule has 0 fully saturated rings. The summed E-state index contributed by atoms with van der Waals surface area (Å²) in [5.74, 6) is -2.14. The molecule has 0 saturated heterocycles. The summed E-state index contributed by atoms with van der Waals surface area (Å²) in [6.07, 6.45) is 2.89. The average molecular weight is 487 g/mol. The van der Waals surface area contributed by atoms with Crippen LogP contribution >= 0.6 is 11.6 Å². The van der Waals surface area contributed by atoms with Crippen LogP contribution in [0, 0.1) is 11.2 Å². The Labute approximate surface area is 200 Å². The highest BCUT2D eigenvalue weighted by Crippen LogP contribution is 2.31. The fourth-order valence-electron chi connectivity index (χ4n) is 3.77.